The minimum absolute atomic E-state index is 0.0844. The molecule has 1 aromatic heterocycles. The summed E-state index contributed by atoms with van der Waals surface area (Å²) in [5.41, 5.74) is 1.20. The highest BCUT2D eigenvalue weighted by atomic mass is 16.6. The summed E-state index contributed by atoms with van der Waals surface area (Å²) < 4.78 is 7.10. The van der Waals surface area contributed by atoms with E-state index in [0.717, 1.165) is 5.69 Å². The molecule has 1 heterocycles. The van der Waals surface area contributed by atoms with Crippen LogP contribution >= 0.6 is 0 Å². The summed E-state index contributed by atoms with van der Waals surface area (Å²) in [7, 11) is 3.49. The van der Waals surface area contributed by atoms with Crippen LogP contribution in [-0.2, 0) is 23.1 Å². The van der Waals surface area contributed by atoms with Gasteiger partial charge in [-0.3, -0.25) is 19.7 Å². The quantitative estimate of drug-likeness (QED) is 0.403. The standard InChI is InChI=1S/C22H30N4O5/c1-5-17(2)25(22(28)18-8-10-19(11-9-18)26(29)30)16-21(27)24(13-14-31-4)15-20-7-6-12-23(20)3/h6-12,17H,5,13-16H2,1-4H3/t17-/m1/s1. The van der Waals surface area contributed by atoms with E-state index in [-0.39, 0.29) is 30.1 Å². The molecule has 0 saturated heterocycles. The van der Waals surface area contributed by atoms with Gasteiger partial charge in [0.1, 0.15) is 6.54 Å². The lowest BCUT2D eigenvalue weighted by Gasteiger charge is -2.31. The monoisotopic (exact) mass is 430 g/mol. The lowest BCUT2D eigenvalue weighted by atomic mass is 10.1. The highest BCUT2D eigenvalue weighted by Gasteiger charge is 2.26. The molecule has 0 radical (unpaired) electrons. The molecular formula is C22H30N4O5. The van der Waals surface area contributed by atoms with Crippen LogP contribution in [0.5, 0.6) is 0 Å². The Morgan fingerprint density at radius 3 is 2.42 bits per heavy atom. The van der Waals surface area contributed by atoms with Gasteiger partial charge >= 0.3 is 0 Å². The molecule has 0 unspecified atom stereocenters. The van der Waals surface area contributed by atoms with Crippen molar-refractivity contribution in [3.8, 4) is 0 Å². The molecule has 0 aliphatic heterocycles. The summed E-state index contributed by atoms with van der Waals surface area (Å²) in [5, 5.41) is 10.9. The van der Waals surface area contributed by atoms with E-state index in [2.05, 4.69) is 0 Å². The Hall–Kier alpha value is -3.20. The number of hydrogen-bond donors (Lipinski definition) is 0. The number of aryl methyl sites for hydroxylation is 1. The van der Waals surface area contributed by atoms with Crippen LogP contribution in [-0.4, -0.2) is 64.0 Å². The maximum absolute atomic E-state index is 13.2. The predicted molar refractivity (Wildman–Crippen MR) is 117 cm³/mol. The van der Waals surface area contributed by atoms with Crippen molar-refractivity contribution in [2.45, 2.75) is 32.9 Å². The minimum atomic E-state index is -0.512. The number of carbonyl (C=O) groups excluding carboxylic acids is 2. The summed E-state index contributed by atoms with van der Waals surface area (Å²) in [6, 6.07) is 9.12. The average Bonchev–Trinajstić information content (AvgIpc) is 3.18. The van der Waals surface area contributed by atoms with Gasteiger partial charge in [-0.15, -0.1) is 0 Å². The second-order valence-electron chi connectivity index (χ2n) is 7.41. The number of ether oxygens (including phenoxy) is 1. The molecule has 9 heteroatoms. The zero-order valence-electron chi connectivity index (χ0n) is 18.5. The van der Waals surface area contributed by atoms with Gasteiger partial charge in [-0.05, 0) is 37.6 Å². The number of carbonyl (C=O) groups is 2. The lowest BCUT2D eigenvalue weighted by Crippen LogP contribution is -2.47. The zero-order chi connectivity index (χ0) is 23.0. The minimum Gasteiger partial charge on any atom is -0.383 e. The number of aromatic nitrogens is 1. The first-order valence-corrected chi connectivity index (χ1v) is 10.2. The van der Waals surface area contributed by atoms with Crippen molar-refractivity contribution < 1.29 is 19.2 Å². The summed E-state index contributed by atoms with van der Waals surface area (Å²) in [6.45, 7) is 4.94. The van der Waals surface area contributed by atoms with Crippen LogP contribution in [0.15, 0.2) is 42.6 Å². The van der Waals surface area contributed by atoms with E-state index in [1.54, 1.807) is 12.0 Å². The number of rotatable bonds is 11. The number of nitro benzene ring substituents is 1. The number of methoxy groups -OCH3 is 1. The molecule has 0 N–H and O–H groups in total. The Morgan fingerprint density at radius 1 is 1.23 bits per heavy atom. The van der Waals surface area contributed by atoms with Crippen molar-refractivity contribution in [2.24, 2.45) is 7.05 Å². The van der Waals surface area contributed by atoms with Gasteiger partial charge in [0.15, 0.2) is 0 Å². The first-order valence-electron chi connectivity index (χ1n) is 10.2. The second kappa shape index (κ2) is 11.3. The van der Waals surface area contributed by atoms with Crippen molar-refractivity contribution in [1.29, 1.82) is 0 Å². The van der Waals surface area contributed by atoms with E-state index >= 15 is 0 Å². The number of nitro groups is 1. The molecule has 2 aromatic rings. The molecule has 0 fully saturated rings. The summed E-state index contributed by atoms with van der Waals surface area (Å²) in [5.74, 6) is -0.517. The molecule has 0 aliphatic carbocycles. The molecule has 2 amide bonds. The topological polar surface area (TPSA) is 97.9 Å². The highest BCUT2D eigenvalue weighted by Crippen LogP contribution is 2.16. The maximum Gasteiger partial charge on any atom is 0.269 e. The van der Waals surface area contributed by atoms with Crippen LogP contribution < -0.4 is 0 Å². The smallest absolute Gasteiger partial charge is 0.269 e. The van der Waals surface area contributed by atoms with Gasteiger partial charge in [0.05, 0.1) is 18.1 Å². The molecule has 0 saturated carbocycles. The third kappa shape index (κ3) is 6.39. The van der Waals surface area contributed by atoms with Crippen molar-refractivity contribution in [3.05, 3.63) is 64.0 Å². The average molecular weight is 431 g/mol. The summed E-state index contributed by atoms with van der Waals surface area (Å²) >= 11 is 0. The first kappa shape index (κ1) is 24.1. The van der Waals surface area contributed by atoms with Crippen molar-refractivity contribution in [3.63, 3.8) is 0 Å². The number of non-ortho nitro benzene ring substituents is 1. The van der Waals surface area contributed by atoms with Crippen molar-refractivity contribution in [1.82, 2.24) is 14.4 Å². The van der Waals surface area contributed by atoms with Crippen LogP contribution in [0.3, 0.4) is 0 Å². The van der Waals surface area contributed by atoms with Crippen LogP contribution in [0, 0.1) is 10.1 Å². The van der Waals surface area contributed by atoms with Gasteiger partial charge in [-0.1, -0.05) is 6.92 Å². The van der Waals surface area contributed by atoms with Gasteiger partial charge in [-0.2, -0.15) is 0 Å². The summed E-state index contributed by atoms with van der Waals surface area (Å²) in [6.07, 6.45) is 2.58. The molecule has 0 aliphatic rings. The molecule has 31 heavy (non-hydrogen) atoms. The molecule has 1 aromatic carbocycles. The van der Waals surface area contributed by atoms with E-state index in [0.29, 0.717) is 31.7 Å². The van der Waals surface area contributed by atoms with Crippen LogP contribution in [0.25, 0.3) is 0 Å². The van der Waals surface area contributed by atoms with Crippen molar-refractivity contribution >= 4 is 17.5 Å². The fraction of sp³-hybridized carbons (Fsp3) is 0.455. The lowest BCUT2D eigenvalue weighted by molar-refractivity contribution is -0.384. The van der Waals surface area contributed by atoms with E-state index in [1.807, 2.05) is 43.8 Å². The Morgan fingerprint density at radius 2 is 1.90 bits per heavy atom. The fourth-order valence-corrected chi connectivity index (χ4v) is 3.14. The SMILES string of the molecule is CC[C@@H](C)N(CC(=O)N(CCOC)Cc1cccn1C)C(=O)c1ccc([N+](=O)[O-])cc1. The van der Waals surface area contributed by atoms with Gasteiger partial charge in [0.25, 0.3) is 11.6 Å². The third-order valence-electron chi connectivity index (χ3n) is 5.34. The molecule has 1 atom stereocenters. The number of nitrogens with zero attached hydrogens (tertiary/aromatic N) is 4. The van der Waals surface area contributed by atoms with E-state index in [1.165, 1.54) is 29.2 Å². The summed E-state index contributed by atoms with van der Waals surface area (Å²) in [4.78, 5) is 39.9. The Bertz CT molecular complexity index is 894. The van der Waals surface area contributed by atoms with Crippen molar-refractivity contribution in [2.75, 3.05) is 26.8 Å². The normalized spacial score (nSPS) is 11.7. The molecule has 9 nitrogen and oxygen atoms in total. The zero-order valence-corrected chi connectivity index (χ0v) is 18.5. The number of hydrogen-bond acceptors (Lipinski definition) is 5. The van der Waals surface area contributed by atoms with Crippen LogP contribution in [0.2, 0.25) is 0 Å². The molecular weight excluding hydrogens is 400 g/mol. The first-order chi connectivity index (χ1) is 14.8. The van der Waals surface area contributed by atoms with Gasteiger partial charge in [0.2, 0.25) is 5.91 Å². The molecule has 0 bridgehead atoms. The second-order valence-corrected chi connectivity index (χ2v) is 7.41. The van der Waals surface area contributed by atoms with Crippen LogP contribution in [0.1, 0.15) is 36.3 Å². The predicted octanol–water partition coefficient (Wildman–Crippen LogP) is 2.85. The fourth-order valence-electron chi connectivity index (χ4n) is 3.14. The third-order valence-corrected chi connectivity index (χ3v) is 5.34. The van der Waals surface area contributed by atoms with E-state index in [9.17, 15) is 19.7 Å². The Labute approximate surface area is 182 Å². The largest absolute Gasteiger partial charge is 0.383 e. The number of benzene rings is 1. The van der Waals surface area contributed by atoms with Gasteiger partial charge < -0.3 is 19.1 Å². The van der Waals surface area contributed by atoms with E-state index < -0.39 is 4.92 Å². The Kier molecular flexibility index (Phi) is 8.75. The molecule has 168 valence electrons. The van der Waals surface area contributed by atoms with Gasteiger partial charge in [0, 0.05) is 56.3 Å². The maximum atomic E-state index is 13.2. The Balaban J connectivity index is 2.21. The highest BCUT2D eigenvalue weighted by molar-refractivity contribution is 5.97. The van der Waals surface area contributed by atoms with Crippen LogP contribution in [0.4, 0.5) is 5.69 Å². The molecule has 2 rings (SSSR count). The molecule has 0 spiro atoms. The van der Waals surface area contributed by atoms with E-state index in [4.69, 9.17) is 4.74 Å². The number of amides is 2. The van der Waals surface area contributed by atoms with Gasteiger partial charge in [-0.25, -0.2) is 0 Å².